The van der Waals surface area contributed by atoms with Crippen molar-refractivity contribution in [3.63, 3.8) is 0 Å². The molecule has 146 valence electrons. The molecule has 0 radical (unpaired) electrons. The number of hydrogen-bond acceptors (Lipinski definition) is 2. The maximum atomic E-state index is 11.9. The van der Waals surface area contributed by atoms with Crippen LogP contribution < -0.4 is 4.90 Å². The molecule has 0 spiro atoms. The fraction of sp³-hybridized carbons (Fsp3) is 0.320. The molecule has 0 aromatic heterocycles. The third-order valence-electron chi connectivity index (χ3n) is 7.31. The van der Waals surface area contributed by atoms with Gasteiger partial charge in [-0.3, -0.25) is 0 Å². The van der Waals surface area contributed by atoms with E-state index in [9.17, 15) is 9.90 Å². The number of carboxylic acid groups (broad SMARTS) is 1. The maximum absolute atomic E-state index is 11.9. The molecule has 2 aromatic rings. The van der Waals surface area contributed by atoms with Crippen LogP contribution in [0, 0.1) is 11.8 Å². The van der Waals surface area contributed by atoms with Crippen molar-refractivity contribution in [2.24, 2.45) is 11.8 Å². The van der Waals surface area contributed by atoms with E-state index in [2.05, 4.69) is 41.3 Å². The largest absolute Gasteiger partial charge is 0.478 e. The number of carboxylic acids is 1. The molecular formula is C25H22ClNO2. The van der Waals surface area contributed by atoms with Gasteiger partial charge in [-0.25, -0.2) is 4.79 Å². The number of allylic oxidation sites excluding steroid dienone is 4. The number of benzene rings is 2. The fourth-order valence-electron chi connectivity index (χ4n) is 6.14. The number of halogens is 1. The van der Waals surface area contributed by atoms with E-state index in [0.717, 1.165) is 24.4 Å². The van der Waals surface area contributed by atoms with Gasteiger partial charge in [-0.1, -0.05) is 48.0 Å². The highest BCUT2D eigenvalue weighted by atomic mass is 35.5. The molecule has 1 N–H and O–H groups in total. The molecule has 0 unspecified atom stereocenters. The molecule has 2 aliphatic heterocycles. The summed E-state index contributed by atoms with van der Waals surface area (Å²) in [5, 5.41) is 10.5. The van der Waals surface area contributed by atoms with Crippen LogP contribution in [-0.2, 0) is 0 Å². The van der Waals surface area contributed by atoms with E-state index in [0.29, 0.717) is 23.3 Å². The molecule has 2 heterocycles. The lowest BCUT2D eigenvalue weighted by molar-refractivity contribution is 0.0696. The van der Waals surface area contributed by atoms with Gasteiger partial charge in [0, 0.05) is 29.1 Å². The van der Waals surface area contributed by atoms with E-state index in [4.69, 9.17) is 11.6 Å². The number of aromatic carboxylic acids is 1. The SMILES string of the molecule is O=C(O)c1cc2c3c(c1)[C@@H]1C=CC[C@@H]1[C@H](c1ccc(Cl)cc1)N3C[C@H]1CC=C[C@@H]21. The molecule has 0 amide bonds. The Kier molecular flexibility index (Phi) is 3.73. The first-order valence-corrected chi connectivity index (χ1v) is 10.8. The third-order valence-corrected chi connectivity index (χ3v) is 7.56. The van der Waals surface area contributed by atoms with Gasteiger partial charge in [0.1, 0.15) is 0 Å². The van der Waals surface area contributed by atoms with Crippen LogP contribution in [0.3, 0.4) is 0 Å². The Hall–Kier alpha value is -2.52. The minimum atomic E-state index is -0.835. The first-order chi connectivity index (χ1) is 14.1. The monoisotopic (exact) mass is 403 g/mol. The van der Waals surface area contributed by atoms with Crippen LogP contribution >= 0.6 is 11.6 Å². The first-order valence-electron chi connectivity index (χ1n) is 10.4. The molecule has 4 heteroatoms. The quantitative estimate of drug-likeness (QED) is 0.631. The van der Waals surface area contributed by atoms with Crippen molar-refractivity contribution >= 4 is 23.3 Å². The van der Waals surface area contributed by atoms with Crippen molar-refractivity contribution < 1.29 is 9.90 Å². The highest BCUT2D eigenvalue weighted by Gasteiger charge is 2.48. The Morgan fingerprint density at radius 1 is 1.00 bits per heavy atom. The molecular weight excluding hydrogens is 382 g/mol. The van der Waals surface area contributed by atoms with Crippen molar-refractivity contribution in [3.8, 4) is 0 Å². The van der Waals surface area contributed by atoms with Crippen molar-refractivity contribution in [3.05, 3.63) is 88.0 Å². The minimum absolute atomic E-state index is 0.266. The Bertz CT molecular complexity index is 1050. The van der Waals surface area contributed by atoms with Crippen LogP contribution in [0.15, 0.2) is 60.7 Å². The average Bonchev–Trinajstić information content (AvgIpc) is 3.38. The molecule has 0 saturated carbocycles. The summed E-state index contributed by atoms with van der Waals surface area (Å²) in [6, 6.07) is 12.5. The summed E-state index contributed by atoms with van der Waals surface area (Å²) in [7, 11) is 0. The van der Waals surface area contributed by atoms with Crippen LogP contribution in [0.2, 0.25) is 5.02 Å². The lowest BCUT2D eigenvalue weighted by Gasteiger charge is -2.51. The van der Waals surface area contributed by atoms with Gasteiger partial charge in [-0.05, 0) is 65.6 Å². The van der Waals surface area contributed by atoms with Gasteiger partial charge in [0.05, 0.1) is 11.6 Å². The molecule has 3 nitrogen and oxygen atoms in total. The third kappa shape index (κ3) is 2.47. The van der Waals surface area contributed by atoms with Gasteiger partial charge in [0.15, 0.2) is 0 Å². The van der Waals surface area contributed by atoms with Crippen LogP contribution in [0.25, 0.3) is 0 Å². The van der Waals surface area contributed by atoms with Crippen molar-refractivity contribution in [2.75, 3.05) is 11.4 Å². The van der Waals surface area contributed by atoms with Crippen molar-refractivity contribution in [1.29, 1.82) is 0 Å². The Morgan fingerprint density at radius 2 is 1.69 bits per heavy atom. The van der Waals surface area contributed by atoms with Crippen molar-refractivity contribution in [2.45, 2.75) is 30.7 Å². The normalized spacial score (nSPS) is 30.8. The topological polar surface area (TPSA) is 40.5 Å². The molecule has 5 atom stereocenters. The van der Waals surface area contributed by atoms with E-state index in [1.807, 2.05) is 24.3 Å². The first kappa shape index (κ1) is 17.3. The average molecular weight is 404 g/mol. The molecule has 0 bridgehead atoms. The van der Waals surface area contributed by atoms with E-state index in [1.54, 1.807) is 0 Å². The molecule has 29 heavy (non-hydrogen) atoms. The van der Waals surface area contributed by atoms with Gasteiger partial charge >= 0.3 is 5.97 Å². The minimum Gasteiger partial charge on any atom is -0.478 e. The van der Waals surface area contributed by atoms with Crippen molar-refractivity contribution in [1.82, 2.24) is 0 Å². The molecule has 2 aliphatic carbocycles. The second-order valence-electron chi connectivity index (χ2n) is 8.76. The second-order valence-corrected chi connectivity index (χ2v) is 9.20. The van der Waals surface area contributed by atoms with Gasteiger partial charge in [-0.2, -0.15) is 0 Å². The van der Waals surface area contributed by atoms with Gasteiger partial charge in [-0.15, -0.1) is 0 Å². The molecule has 6 rings (SSSR count). The number of anilines is 1. The van der Waals surface area contributed by atoms with Crippen LogP contribution in [0.5, 0.6) is 0 Å². The summed E-state index contributed by atoms with van der Waals surface area (Å²) in [4.78, 5) is 14.5. The number of rotatable bonds is 2. The Labute approximate surface area is 175 Å². The number of carbonyl (C=O) groups is 1. The molecule has 0 saturated heterocycles. The van der Waals surface area contributed by atoms with Gasteiger partial charge in [0.2, 0.25) is 0 Å². The zero-order valence-electron chi connectivity index (χ0n) is 16.0. The number of hydrogen-bond donors (Lipinski definition) is 1. The summed E-state index contributed by atoms with van der Waals surface area (Å²) in [6.45, 7) is 1.01. The summed E-state index contributed by atoms with van der Waals surface area (Å²) in [5.74, 6) is 0.693. The van der Waals surface area contributed by atoms with Crippen LogP contribution in [0.4, 0.5) is 5.69 Å². The predicted molar refractivity (Wildman–Crippen MR) is 115 cm³/mol. The van der Waals surface area contributed by atoms with E-state index >= 15 is 0 Å². The standard InChI is InChI=1S/C25H22ClNO2/c26-17-9-7-14(8-10-17)23-20-6-2-5-19(20)22-12-16(25(28)29)11-21-18-4-1-3-15(18)13-27(23)24(21)22/h1-2,4-5,7-12,15,18-20,23H,3,6,13H2,(H,28,29)/t15-,18-,19-,20+,23+/m1/s1. The Morgan fingerprint density at radius 3 is 2.45 bits per heavy atom. The fourth-order valence-corrected chi connectivity index (χ4v) is 6.26. The second kappa shape index (κ2) is 6.24. The lowest BCUT2D eigenvalue weighted by Crippen LogP contribution is -2.46. The summed E-state index contributed by atoms with van der Waals surface area (Å²) in [5.41, 5.74) is 5.39. The number of nitrogens with zero attached hydrogens (tertiary/aromatic N) is 1. The summed E-state index contributed by atoms with van der Waals surface area (Å²) in [6.07, 6.45) is 11.2. The lowest BCUT2D eigenvalue weighted by atomic mass is 9.70. The maximum Gasteiger partial charge on any atom is 0.335 e. The highest BCUT2D eigenvalue weighted by Crippen LogP contribution is 2.58. The van der Waals surface area contributed by atoms with Crippen LogP contribution in [-0.4, -0.2) is 17.6 Å². The molecule has 0 fully saturated rings. The summed E-state index contributed by atoms with van der Waals surface area (Å²) < 4.78 is 0. The summed E-state index contributed by atoms with van der Waals surface area (Å²) >= 11 is 6.18. The van der Waals surface area contributed by atoms with E-state index in [-0.39, 0.29) is 12.0 Å². The van der Waals surface area contributed by atoms with Crippen LogP contribution in [0.1, 0.15) is 57.8 Å². The van der Waals surface area contributed by atoms with Gasteiger partial charge < -0.3 is 10.0 Å². The zero-order chi connectivity index (χ0) is 19.7. The Balaban J connectivity index is 1.59. The molecule has 4 aliphatic rings. The smallest absolute Gasteiger partial charge is 0.335 e. The molecule has 2 aromatic carbocycles. The predicted octanol–water partition coefficient (Wildman–Crippen LogP) is 5.93. The number of fused-ring (bicyclic) bond motifs is 4. The van der Waals surface area contributed by atoms with E-state index in [1.165, 1.54) is 22.4 Å². The van der Waals surface area contributed by atoms with Gasteiger partial charge in [0.25, 0.3) is 0 Å². The zero-order valence-corrected chi connectivity index (χ0v) is 16.7. The highest BCUT2D eigenvalue weighted by molar-refractivity contribution is 6.30. The van der Waals surface area contributed by atoms with E-state index < -0.39 is 5.97 Å².